The smallest absolute Gasteiger partial charge is 0.298 e. The van der Waals surface area contributed by atoms with Crippen molar-refractivity contribution in [1.29, 1.82) is 0 Å². The van der Waals surface area contributed by atoms with Crippen LogP contribution in [0.4, 0.5) is 0 Å². The van der Waals surface area contributed by atoms with Crippen LogP contribution in [-0.2, 0) is 16.1 Å². The summed E-state index contributed by atoms with van der Waals surface area (Å²) in [4.78, 5) is 24.3. The fourth-order valence-corrected chi connectivity index (χ4v) is 1.94. The molecule has 6 heteroatoms. The van der Waals surface area contributed by atoms with Crippen molar-refractivity contribution >= 4 is 37.3 Å². The quantitative estimate of drug-likeness (QED) is 0.428. The van der Waals surface area contributed by atoms with Crippen LogP contribution in [0, 0.1) is 0 Å². The lowest BCUT2D eigenvalue weighted by atomic mass is 9.80. The van der Waals surface area contributed by atoms with Gasteiger partial charge < -0.3 is 10.5 Å². The third-order valence-electron chi connectivity index (χ3n) is 2.65. The highest BCUT2D eigenvalue weighted by Crippen LogP contribution is 2.16. The van der Waals surface area contributed by atoms with Gasteiger partial charge in [0.25, 0.3) is 7.41 Å². The molecule has 1 unspecified atom stereocenters. The van der Waals surface area contributed by atoms with Crippen molar-refractivity contribution in [2.24, 2.45) is 5.73 Å². The topological polar surface area (TPSA) is 63.4 Å². The first-order valence-electron chi connectivity index (χ1n) is 5.29. The van der Waals surface area contributed by atoms with E-state index in [0.29, 0.717) is 6.54 Å². The van der Waals surface area contributed by atoms with Crippen LogP contribution in [0.3, 0.4) is 0 Å². The van der Waals surface area contributed by atoms with E-state index in [1.54, 1.807) is 7.41 Å². The highest BCUT2D eigenvalue weighted by Gasteiger charge is 2.36. The summed E-state index contributed by atoms with van der Waals surface area (Å²) in [6, 6.07) is 7.40. The second kappa shape index (κ2) is 4.93. The number of amides is 2. The van der Waals surface area contributed by atoms with Crippen molar-refractivity contribution in [2.45, 2.75) is 18.2 Å². The van der Waals surface area contributed by atoms with Crippen LogP contribution < -0.4 is 11.2 Å². The lowest BCUT2D eigenvalue weighted by Gasteiger charge is -2.12. The van der Waals surface area contributed by atoms with E-state index in [9.17, 15) is 9.59 Å². The summed E-state index contributed by atoms with van der Waals surface area (Å²) in [5.74, 6) is -0.473. The highest BCUT2D eigenvalue weighted by molar-refractivity contribution is 7.81. The summed E-state index contributed by atoms with van der Waals surface area (Å²) >= 11 is 4.06. The zero-order valence-electron chi connectivity index (χ0n) is 9.17. The molecule has 1 radical (unpaired) electrons. The van der Waals surface area contributed by atoms with Gasteiger partial charge in [-0.15, -0.1) is 0 Å². The molecule has 1 aliphatic rings. The number of rotatable bonds is 3. The first kappa shape index (κ1) is 12.2. The Balaban J connectivity index is 2.10. The minimum absolute atomic E-state index is 0.166. The maximum Gasteiger partial charge on any atom is 0.298 e. The molecule has 17 heavy (non-hydrogen) atoms. The van der Waals surface area contributed by atoms with E-state index >= 15 is 0 Å². The largest absolute Gasteiger partial charge is 0.327 e. The Kier molecular flexibility index (Phi) is 3.54. The number of hydrogen-bond donors (Lipinski definition) is 2. The van der Waals surface area contributed by atoms with E-state index in [-0.39, 0.29) is 18.2 Å². The van der Waals surface area contributed by atoms with Crippen LogP contribution in [0.2, 0.25) is 0 Å². The summed E-state index contributed by atoms with van der Waals surface area (Å²) in [5, 5.41) is -0.512. The first-order valence-corrected chi connectivity index (χ1v) is 5.81. The summed E-state index contributed by atoms with van der Waals surface area (Å²) in [6.07, 6.45) is 0.166. The molecule has 1 heterocycles. The average molecular weight is 247 g/mol. The van der Waals surface area contributed by atoms with Gasteiger partial charge in [-0.05, 0) is 5.56 Å². The highest BCUT2D eigenvalue weighted by atomic mass is 32.1. The fourth-order valence-electron chi connectivity index (χ4n) is 1.66. The molecule has 0 aromatic heterocycles. The number of thiol groups is 1. The van der Waals surface area contributed by atoms with Crippen LogP contribution in [0.5, 0.6) is 0 Å². The van der Waals surface area contributed by atoms with Crippen molar-refractivity contribution in [3.05, 3.63) is 29.8 Å². The first-order chi connectivity index (χ1) is 8.11. The molecule has 2 N–H and O–H groups in total. The minimum Gasteiger partial charge on any atom is -0.327 e. The number of hydrogen-bond acceptors (Lipinski definition) is 4. The molecule has 0 saturated carbocycles. The molecule has 2 amide bonds. The zero-order valence-corrected chi connectivity index (χ0v) is 10.1. The van der Waals surface area contributed by atoms with Gasteiger partial charge in [0, 0.05) is 13.0 Å². The maximum atomic E-state index is 11.6. The molecule has 1 fully saturated rings. The monoisotopic (exact) mass is 247 g/mol. The van der Waals surface area contributed by atoms with E-state index in [1.807, 2.05) is 24.3 Å². The molecule has 4 nitrogen and oxygen atoms in total. The predicted molar refractivity (Wildman–Crippen MR) is 69.0 cm³/mol. The molecule has 0 spiro atoms. The molecular formula is C11H12BN2O2S. The molecule has 0 aliphatic carbocycles. The summed E-state index contributed by atoms with van der Waals surface area (Å²) in [6.45, 7) is 0.473. The SMILES string of the molecule is NCc1ccc([B]N2C(=O)CC(S)C2=O)cc1. The number of benzene rings is 1. The molecule has 1 atom stereocenters. The van der Waals surface area contributed by atoms with Crippen molar-refractivity contribution in [2.75, 3.05) is 0 Å². The van der Waals surface area contributed by atoms with Gasteiger partial charge in [-0.1, -0.05) is 29.7 Å². The standard InChI is InChI=1S/C11H12BN2O2S/c13-6-7-1-3-8(4-2-7)12-14-10(15)5-9(17)11(14)16/h1-4,9,17H,5-6,13H2. The Hall–Kier alpha value is -1.27. The lowest BCUT2D eigenvalue weighted by molar-refractivity contribution is -0.132. The van der Waals surface area contributed by atoms with E-state index in [1.165, 1.54) is 0 Å². The predicted octanol–water partition coefficient (Wildman–Crippen LogP) is -0.553. The molecule has 0 bridgehead atoms. The van der Waals surface area contributed by atoms with Gasteiger partial charge in [-0.3, -0.25) is 9.59 Å². The van der Waals surface area contributed by atoms with Gasteiger partial charge in [-0.2, -0.15) is 12.6 Å². The normalized spacial score (nSPS) is 19.9. The average Bonchev–Trinajstić information content (AvgIpc) is 2.57. The molecule has 1 aliphatic heterocycles. The Bertz CT molecular complexity index is 449. The lowest BCUT2D eigenvalue weighted by Crippen LogP contribution is -2.40. The van der Waals surface area contributed by atoms with Gasteiger partial charge in [0.2, 0.25) is 11.8 Å². The van der Waals surface area contributed by atoms with Gasteiger partial charge in [0.1, 0.15) is 0 Å². The minimum atomic E-state index is -0.512. The summed E-state index contributed by atoms with van der Waals surface area (Å²) < 4.78 is 0. The molecule has 1 saturated heterocycles. The van der Waals surface area contributed by atoms with E-state index in [2.05, 4.69) is 12.6 Å². The third-order valence-corrected chi connectivity index (χ3v) is 3.06. The molecule has 87 valence electrons. The van der Waals surface area contributed by atoms with Crippen LogP contribution in [0.25, 0.3) is 0 Å². The maximum absolute atomic E-state index is 11.6. The molecular weight excluding hydrogens is 235 g/mol. The number of nitrogens with two attached hydrogens (primary N) is 1. The zero-order chi connectivity index (χ0) is 12.4. The van der Waals surface area contributed by atoms with Crippen molar-refractivity contribution in [3.8, 4) is 0 Å². The van der Waals surface area contributed by atoms with Gasteiger partial charge in [0.15, 0.2) is 0 Å². The molecule has 1 aromatic carbocycles. The van der Waals surface area contributed by atoms with Crippen LogP contribution in [0.15, 0.2) is 24.3 Å². The summed E-state index contributed by atoms with van der Waals surface area (Å²) in [7, 11) is 1.54. The van der Waals surface area contributed by atoms with Gasteiger partial charge in [0.05, 0.1) is 5.25 Å². The number of imide groups is 1. The van der Waals surface area contributed by atoms with Crippen molar-refractivity contribution in [3.63, 3.8) is 0 Å². The van der Waals surface area contributed by atoms with Crippen LogP contribution >= 0.6 is 12.6 Å². The van der Waals surface area contributed by atoms with Gasteiger partial charge >= 0.3 is 0 Å². The Morgan fingerprint density at radius 2 is 2.00 bits per heavy atom. The number of carbonyl (C=O) groups is 2. The van der Waals surface area contributed by atoms with Crippen LogP contribution in [0.1, 0.15) is 12.0 Å². The van der Waals surface area contributed by atoms with E-state index in [0.717, 1.165) is 15.8 Å². The third kappa shape index (κ3) is 2.53. The number of nitrogens with zero attached hydrogens (tertiary/aromatic N) is 1. The van der Waals surface area contributed by atoms with Gasteiger partial charge in [-0.25, -0.2) is 0 Å². The Morgan fingerprint density at radius 3 is 2.47 bits per heavy atom. The Morgan fingerprint density at radius 1 is 1.35 bits per heavy atom. The van der Waals surface area contributed by atoms with Crippen molar-refractivity contribution < 1.29 is 9.59 Å². The fraction of sp³-hybridized carbons (Fsp3) is 0.273. The second-order valence-corrected chi connectivity index (χ2v) is 4.52. The second-order valence-electron chi connectivity index (χ2n) is 3.90. The Labute approximate surface area is 106 Å². The molecule has 2 rings (SSSR count). The molecule has 1 aromatic rings. The van der Waals surface area contributed by atoms with Crippen molar-refractivity contribution in [1.82, 2.24) is 4.81 Å². The van der Waals surface area contributed by atoms with E-state index in [4.69, 9.17) is 5.73 Å². The van der Waals surface area contributed by atoms with E-state index < -0.39 is 5.25 Å². The number of carbonyl (C=O) groups excluding carboxylic acids is 2. The summed E-state index contributed by atoms with van der Waals surface area (Å²) in [5.41, 5.74) is 7.29. The van der Waals surface area contributed by atoms with Crippen LogP contribution in [-0.4, -0.2) is 29.3 Å².